The normalized spacial score (nSPS) is 23.6. The minimum absolute atomic E-state index is 0.0459. The minimum atomic E-state index is -0.467. The van der Waals surface area contributed by atoms with Crippen LogP contribution < -0.4 is 11.1 Å². The molecule has 1 aliphatic heterocycles. The van der Waals surface area contributed by atoms with Crippen LogP contribution in [0.15, 0.2) is 18.2 Å². The Kier molecular flexibility index (Phi) is 4.96. The van der Waals surface area contributed by atoms with E-state index in [9.17, 15) is 9.18 Å². The van der Waals surface area contributed by atoms with Crippen LogP contribution in [0.1, 0.15) is 31.4 Å². The van der Waals surface area contributed by atoms with Gasteiger partial charge in [-0.2, -0.15) is 0 Å². The van der Waals surface area contributed by atoms with Crippen LogP contribution in [0, 0.1) is 5.82 Å². The molecule has 3 atom stereocenters. The summed E-state index contributed by atoms with van der Waals surface area (Å²) in [7, 11) is 0. The summed E-state index contributed by atoms with van der Waals surface area (Å²) < 4.78 is 18.5. The Morgan fingerprint density at radius 3 is 2.95 bits per heavy atom. The Bertz CT molecular complexity index is 498. The van der Waals surface area contributed by atoms with Crippen LogP contribution in [-0.4, -0.2) is 24.7 Å². The van der Waals surface area contributed by atoms with E-state index >= 15 is 0 Å². The number of amides is 1. The fourth-order valence-electron chi connectivity index (χ4n) is 2.31. The van der Waals surface area contributed by atoms with E-state index in [0.29, 0.717) is 23.6 Å². The zero-order valence-corrected chi connectivity index (χ0v) is 12.0. The Balaban J connectivity index is 1.97. The van der Waals surface area contributed by atoms with Crippen LogP contribution in [0.25, 0.3) is 0 Å². The summed E-state index contributed by atoms with van der Waals surface area (Å²) in [6.45, 7) is 2.22. The lowest BCUT2D eigenvalue weighted by atomic mass is 10.1. The summed E-state index contributed by atoms with van der Waals surface area (Å²) in [4.78, 5) is 12.1. The molecule has 3 N–H and O–H groups in total. The van der Waals surface area contributed by atoms with Crippen molar-refractivity contribution in [2.75, 3.05) is 6.54 Å². The maximum absolute atomic E-state index is 13.0. The lowest BCUT2D eigenvalue weighted by molar-refractivity contribution is -0.132. The lowest BCUT2D eigenvalue weighted by Gasteiger charge is -2.19. The Hall–Kier alpha value is -1.17. The van der Waals surface area contributed by atoms with Crippen LogP contribution in [-0.2, 0) is 9.53 Å². The van der Waals surface area contributed by atoms with Gasteiger partial charge in [-0.1, -0.05) is 17.7 Å². The number of hydrogen-bond acceptors (Lipinski definition) is 3. The Morgan fingerprint density at radius 2 is 2.35 bits per heavy atom. The van der Waals surface area contributed by atoms with E-state index in [4.69, 9.17) is 22.1 Å². The van der Waals surface area contributed by atoms with Gasteiger partial charge in [-0.3, -0.25) is 4.79 Å². The van der Waals surface area contributed by atoms with Gasteiger partial charge >= 0.3 is 0 Å². The summed E-state index contributed by atoms with van der Waals surface area (Å²) in [6.07, 6.45) is 0.943. The first-order valence-corrected chi connectivity index (χ1v) is 7.00. The molecule has 1 aliphatic rings. The second-order valence-electron chi connectivity index (χ2n) is 4.96. The van der Waals surface area contributed by atoms with E-state index in [1.165, 1.54) is 12.1 Å². The van der Waals surface area contributed by atoms with Gasteiger partial charge in [0.2, 0.25) is 5.91 Å². The number of rotatable bonds is 4. The molecule has 0 aromatic heterocycles. The molecular weight excluding hydrogens is 283 g/mol. The van der Waals surface area contributed by atoms with Crippen molar-refractivity contribution >= 4 is 17.5 Å². The fraction of sp³-hybridized carbons (Fsp3) is 0.500. The molecule has 1 heterocycles. The van der Waals surface area contributed by atoms with E-state index < -0.39 is 11.9 Å². The summed E-state index contributed by atoms with van der Waals surface area (Å²) in [5.41, 5.74) is 6.19. The van der Waals surface area contributed by atoms with Crippen molar-refractivity contribution in [2.24, 2.45) is 5.73 Å². The van der Waals surface area contributed by atoms with E-state index in [2.05, 4.69) is 5.32 Å². The van der Waals surface area contributed by atoms with Crippen molar-refractivity contribution in [1.82, 2.24) is 5.32 Å². The number of carbonyl (C=O) groups is 1. The number of ether oxygens (including phenoxy) is 1. The predicted octanol–water partition coefficient (Wildman–Crippen LogP) is 2.16. The molecule has 1 saturated heterocycles. The van der Waals surface area contributed by atoms with E-state index in [-0.39, 0.29) is 18.1 Å². The van der Waals surface area contributed by atoms with Gasteiger partial charge in [-0.05, 0) is 37.5 Å². The van der Waals surface area contributed by atoms with Crippen LogP contribution in [0.2, 0.25) is 5.02 Å². The molecule has 1 amide bonds. The van der Waals surface area contributed by atoms with Crippen LogP contribution in [0.3, 0.4) is 0 Å². The third kappa shape index (κ3) is 3.48. The summed E-state index contributed by atoms with van der Waals surface area (Å²) in [5.74, 6) is -0.587. The topological polar surface area (TPSA) is 64.4 Å². The molecule has 0 aliphatic carbocycles. The highest BCUT2D eigenvalue weighted by atomic mass is 35.5. The molecule has 1 unspecified atom stereocenters. The lowest BCUT2D eigenvalue weighted by Crippen LogP contribution is -2.37. The van der Waals surface area contributed by atoms with Gasteiger partial charge in [0.15, 0.2) is 0 Å². The van der Waals surface area contributed by atoms with Crippen molar-refractivity contribution in [3.05, 3.63) is 34.6 Å². The van der Waals surface area contributed by atoms with Gasteiger partial charge < -0.3 is 15.8 Å². The van der Waals surface area contributed by atoms with Crippen LogP contribution in [0.4, 0.5) is 4.39 Å². The van der Waals surface area contributed by atoms with Gasteiger partial charge in [0.05, 0.1) is 12.1 Å². The summed E-state index contributed by atoms with van der Waals surface area (Å²) in [5, 5.41) is 3.13. The molecule has 0 bridgehead atoms. The first-order valence-electron chi connectivity index (χ1n) is 6.62. The van der Waals surface area contributed by atoms with Gasteiger partial charge in [0, 0.05) is 11.6 Å². The second-order valence-corrected chi connectivity index (χ2v) is 5.36. The Labute approximate surface area is 122 Å². The molecule has 0 spiro atoms. The maximum atomic E-state index is 13.0. The number of carbonyl (C=O) groups excluding carboxylic acids is 1. The fourth-order valence-corrected chi connectivity index (χ4v) is 2.64. The standard InChI is InChI=1S/C14H18ClFN2O2/c1-8(11-4-2-9(16)6-12(11)15)18-14(19)13-5-3-10(7-17)20-13/h2,4,6,8,10,13H,3,5,7,17H2,1H3,(H,18,19)/t8?,10-,13+/m1/s1. The number of hydrogen-bond donors (Lipinski definition) is 2. The van der Waals surface area contributed by atoms with Crippen LogP contribution >= 0.6 is 11.6 Å². The van der Waals surface area contributed by atoms with Gasteiger partial charge in [0.1, 0.15) is 11.9 Å². The minimum Gasteiger partial charge on any atom is -0.364 e. The molecule has 4 nitrogen and oxygen atoms in total. The van der Waals surface area contributed by atoms with Crippen molar-refractivity contribution in [3.8, 4) is 0 Å². The van der Waals surface area contributed by atoms with Crippen LogP contribution in [0.5, 0.6) is 0 Å². The quantitative estimate of drug-likeness (QED) is 0.895. The first-order chi connectivity index (χ1) is 9.51. The van der Waals surface area contributed by atoms with Crippen molar-refractivity contribution in [3.63, 3.8) is 0 Å². The highest BCUT2D eigenvalue weighted by Gasteiger charge is 2.30. The molecule has 1 aromatic rings. The zero-order chi connectivity index (χ0) is 14.7. The highest BCUT2D eigenvalue weighted by Crippen LogP contribution is 2.25. The number of halogens is 2. The number of nitrogens with two attached hydrogens (primary N) is 1. The molecule has 0 radical (unpaired) electrons. The van der Waals surface area contributed by atoms with Gasteiger partial charge in [-0.15, -0.1) is 0 Å². The van der Waals surface area contributed by atoms with Crippen molar-refractivity contribution in [2.45, 2.75) is 38.0 Å². The monoisotopic (exact) mass is 300 g/mol. The van der Waals surface area contributed by atoms with Gasteiger partial charge in [0.25, 0.3) is 0 Å². The molecule has 2 rings (SSSR count). The third-order valence-electron chi connectivity index (χ3n) is 3.45. The summed E-state index contributed by atoms with van der Waals surface area (Å²) in [6, 6.07) is 3.81. The molecule has 1 aromatic carbocycles. The molecule has 6 heteroatoms. The molecule has 110 valence electrons. The van der Waals surface area contributed by atoms with Gasteiger partial charge in [-0.25, -0.2) is 4.39 Å². The molecule has 20 heavy (non-hydrogen) atoms. The molecule has 0 saturated carbocycles. The third-order valence-corrected chi connectivity index (χ3v) is 3.78. The van der Waals surface area contributed by atoms with E-state index in [0.717, 1.165) is 6.42 Å². The predicted molar refractivity (Wildman–Crippen MR) is 74.9 cm³/mol. The SMILES string of the molecule is CC(NC(=O)[C@@H]1CC[C@H](CN)O1)c1ccc(F)cc1Cl. The average molecular weight is 301 g/mol. The van der Waals surface area contributed by atoms with E-state index in [1.54, 1.807) is 13.0 Å². The largest absolute Gasteiger partial charge is 0.364 e. The molecular formula is C14H18ClFN2O2. The Morgan fingerprint density at radius 1 is 1.60 bits per heavy atom. The highest BCUT2D eigenvalue weighted by molar-refractivity contribution is 6.31. The van der Waals surface area contributed by atoms with E-state index in [1.807, 2.05) is 0 Å². The maximum Gasteiger partial charge on any atom is 0.249 e. The smallest absolute Gasteiger partial charge is 0.249 e. The summed E-state index contributed by atoms with van der Waals surface area (Å²) >= 11 is 5.97. The number of nitrogens with one attached hydrogen (secondary N) is 1. The first kappa shape index (κ1) is 15.2. The second kappa shape index (κ2) is 6.52. The van der Waals surface area contributed by atoms with Crippen molar-refractivity contribution in [1.29, 1.82) is 0 Å². The average Bonchev–Trinajstić information content (AvgIpc) is 2.87. The zero-order valence-electron chi connectivity index (χ0n) is 11.2. The number of benzene rings is 1. The van der Waals surface area contributed by atoms with Crippen molar-refractivity contribution < 1.29 is 13.9 Å². The molecule has 1 fully saturated rings.